The van der Waals surface area contributed by atoms with Gasteiger partial charge in [-0.25, -0.2) is 0 Å². The Balaban J connectivity index is 2.33. The van der Waals surface area contributed by atoms with E-state index in [1.165, 1.54) is 0 Å². The van der Waals surface area contributed by atoms with E-state index in [2.05, 4.69) is 27.8 Å². The average Bonchev–Trinajstić information content (AvgIpc) is 2.73. The van der Waals surface area contributed by atoms with E-state index in [9.17, 15) is 4.79 Å². The van der Waals surface area contributed by atoms with Crippen LogP contribution in [-0.2, 0) is 11.3 Å². The number of amides is 1. The van der Waals surface area contributed by atoms with Crippen molar-refractivity contribution in [2.75, 3.05) is 26.2 Å². The van der Waals surface area contributed by atoms with Crippen molar-refractivity contribution in [2.45, 2.75) is 6.54 Å². The van der Waals surface area contributed by atoms with Crippen LogP contribution in [0.1, 0.15) is 4.88 Å². The van der Waals surface area contributed by atoms with E-state index < -0.39 is 0 Å². The van der Waals surface area contributed by atoms with E-state index >= 15 is 0 Å². The Labute approximate surface area is 119 Å². The van der Waals surface area contributed by atoms with Crippen LogP contribution in [0.15, 0.2) is 28.6 Å². The molecule has 4 nitrogen and oxygen atoms in total. The maximum absolute atomic E-state index is 11.7. The van der Waals surface area contributed by atoms with Gasteiger partial charge in [0.15, 0.2) is 0 Å². The summed E-state index contributed by atoms with van der Waals surface area (Å²) in [4.78, 5) is 14.7. The lowest BCUT2D eigenvalue weighted by atomic mass is 10.4. The summed E-state index contributed by atoms with van der Waals surface area (Å²) in [7, 11) is 0. The molecule has 0 aromatic carbocycles. The Hall–Kier alpha value is -0.690. The van der Waals surface area contributed by atoms with E-state index in [-0.39, 0.29) is 19.1 Å². The van der Waals surface area contributed by atoms with Gasteiger partial charge in [0.25, 0.3) is 0 Å². The lowest BCUT2D eigenvalue weighted by molar-refractivity contribution is -0.122. The molecule has 1 aromatic heterocycles. The Bertz CT molecular complexity index is 395. The minimum Gasteiger partial charge on any atom is -0.395 e. The fourth-order valence-corrected chi connectivity index (χ4v) is 2.84. The summed E-state index contributed by atoms with van der Waals surface area (Å²) in [6, 6.07) is 1.99. The highest BCUT2D eigenvalue weighted by Crippen LogP contribution is 2.19. The predicted molar refractivity (Wildman–Crippen MR) is 77.6 cm³/mol. The van der Waals surface area contributed by atoms with E-state index in [0.29, 0.717) is 19.6 Å². The number of hydrogen-bond acceptors (Lipinski definition) is 4. The molecule has 6 heteroatoms. The molecular weight excluding hydrogens is 316 g/mol. The van der Waals surface area contributed by atoms with Crippen molar-refractivity contribution in [1.29, 1.82) is 0 Å². The van der Waals surface area contributed by atoms with Gasteiger partial charge in [0.1, 0.15) is 0 Å². The first kappa shape index (κ1) is 15.4. The van der Waals surface area contributed by atoms with Crippen LogP contribution in [0.4, 0.5) is 0 Å². The molecule has 1 rings (SSSR count). The summed E-state index contributed by atoms with van der Waals surface area (Å²) in [5, 5.41) is 13.7. The number of aliphatic hydroxyl groups is 1. The number of nitrogens with zero attached hydrogens (tertiary/aromatic N) is 1. The number of halogens is 1. The number of carbonyl (C=O) groups excluding carboxylic acids is 1. The van der Waals surface area contributed by atoms with Crippen molar-refractivity contribution >= 4 is 33.2 Å². The fourth-order valence-electron chi connectivity index (χ4n) is 1.45. The molecular formula is C12H17BrN2O2S. The van der Waals surface area contributed by atoms with Gasteiger partial charge in [0.05, 0.1) is 19.7 Å². The molecule has 100 valence electrons. The summed E-state index contributed by atoms with van der Waals surface area (Å²) >= 11 is 4.97. The molecule has 1 aromatic rings. The number of rotatable bonds is 8. The van der Waals surface area contributed by atoms with E-state index in [1.807, 2.05) is 16.3 Å². The second kappa shape index (κ2) is 8.42. The summed E-state index contributed by atoms with van der Waals surface area (Å²) in [6.45, 7) is 5.56. The van der Waals surface area contributed by atoms with Crippen molar-refractivity contribution in [1.82, 2.24) is 10.2 Å². The van der Waals surface area contributed by atoms with Gasteiger partial charge in [-0.2, -0.15) is 0 Å². The van der Waals surface area contributed by atoms with Crippen LogP contribution in [-0.4, -0.2) is 42.2 Å². The van der Waals surface area contributed by atoms with Gasteiger partial charge in [0.2, 0.25) is 5.91 Å². The van der Waals surface area contributed by atoms with Crippen LogP contribution >= 0.6 is 27.3 Å². The van der Waals surface area contributed by atoms with Crippen LogP contribution in [0.2, 0.25) is 0 Å². The van der Waals surface area contributed by atoms with Crippen molar-refractivity contribution in [3.8, 4) is 0 Å². The van der Waals surface area contributed by atoms with Crippen molar-refractivity contribution < 1.29 is 9.90 Å². The molecule has 18 heavy (non-hydrogen) atoms. The fraction of sp³-hybridized carbons (Fsp3) is 0.417. The highest BCUT2D eigenvalue weighted by Gasteiger charge is 2.09. The molecule has 0 aliphatic carbocycles. The zero-order valence-electron chi connectivity index (χ0n) is 10.1. The molecule has 1 heterocycles. The third-order valence-electron chi connectivity index (χ3n) is 2.25. The van der Waals surface area contributed by atoms with Crippen LogP contribution < -0.4 is 5.32 Å². The summed E-state index contributed by atoms with van der Waals surface area (Å²) in [5.74, 6) is -0.0465. The van der Waals surface area contributed by atoms with E-state index in [4.69, 9.17) is 5.11 Å². The number of carbonyl (C=O) groups is 1. The SMILES string of the molecule is C=CCN(CCO)CC(=O)NCc1cc(Br)cs1. The van der Waals surface area contributed by atoms with Gasteiger partial charge in [0, 0.05) is 27.8 Å². The molecule has 0 radical (unpaired) electrons. The quantitative estimate of drug-likeness (QED) is 0.711. The normalized spacial score (nSPS) is 10.6. The number of hydrogen-bond donors (Lipinski definition) is 2. The maximum Gasteiger partial charge on any atom is 0.234 e. The third-order valence-corrected chi connectivity index (χ3v) is 3.95. The molecule has 0 atom stereocenters. The standard InChI is InChI=1S/C12H17BrN2O2S/c1-2-3-15(4-5-16)8-12(17)14-7-11-6-10(13)9-18-11/h2,6,9,16H,1,3-5,7-8H2,(H,14,17). The monoisotopic (exact) mass is 332 g/mol. The average molecular weight is 333 g/mol. The van der Waals surface area contributed by atoms with Gasteiger partial charge >= 0.3 is 0 Å². The van der Waals surface area contributed by atoms with Gasteiger partial charge in [-0.3, -0.25) is 9.69 Å². The lowest BCUT2D eigenvalue weighted by Gasteiger charge is -2.18. The Morgan fingerprint density at radius 3 is 3.00 bits per heavy atom. The Morgan fingerprint density at radius 2 is 2.44 bits per heavy atom. The van der Waals surface area contributed by atoms with Crippen LogP contribution in [0.25, 0.3) is 0 Å². The lowest BCUT2D eigenvalue weighted by Crippen LogP contribution is -2.38. The smallest absolute Gasteiger partial charge is 0.234 e. The van der Waals surface area contributed by atoms with Crippen LogP contribution in [0.5, 0.6) is 0 Å². The van der Waals surface area contributed by atoms with Crippen molar-refractivity contribution in [2.24, 2.45) is 0 Å². The van der Waals surface area contributed by atoms with Crippen LogP contribution in [0, 0.1) is 0 Å². The van der Waals surface area contributed by atoms with E-state index in [1.54, 1.807) is 17.4 Å². The van der Waals surface area contributed by atoms with Gasteiger partial charge in [-0.1, -0.05) is 6.08 Å². The highest BCUT2D eigenvalue weighted by atomic mass is 79.9. The summed E-state index contributed by atoms with van der Waals surface area (Å²) in [5.41, 5.74) is 0. The molecule has 0 fully saturated rings. The first-order valence-corrected chi connectivity index (χ1v) is 7.26. The molecule has 2 N–H and O–H groups in total. The first-order valence-electron chi connectivity index (χ1n) is 5.59. The second-order valence-corrected chi connectivity index (χ2v) is 5.67. The zero-order valence-corrected chi connectivity index (χ0v) is 12.5. The summed E-state index contributed by atoms with van der Waals surface area (Å²) in [6.07, 6.45) is 1.72. The molecule has 0 aliphatic heterocycles. The second-order valence-electron chi connectivity index (χ2n) is 3.76. The minimum atomic E-state index is -0.0465. The zero-order chi connectivity index (χ0) is 13.4. The third kappa shape index (κ3) is 5.77. The Kier molecular flexibility index (Phi) is 7.19. The van der Waals surface area contributed by atoms with Crippen molar-refractivity contribution in [3.05, 3.63) is 33.5 Å². The highest BCUT2D eigenvalue weighted by molar-refractivity contribution is 9.10. The molecule has 0 saturated carbocycles. The molecule has 0 bridgehead atoms. The minimum absolute atomic E-state index is 0.0407. The van der Waals surface area contributed by atoms with Crippen LogP contribution in [0.3, 0.4) is 0 Å². The molecule has 0 saturated heterocycles. The number of aliphatic hydroxyl groups excluding tert-OH is 1. The topological polar surface area (TPSA) is 52.6 Å². The summed E-state index contributed by atoms with van der Waals surface area (Å²) < 4.78 is 1.03. The maximum atomic E-state index is 11.7. The van der Waals surface area contributed by atoms with Gasteiger partial charge in [-0.05, 0) is 22.0 Å². The molecule has 0 spiro atoms. The number of nitrogens with one attached hydrogen (secondary N) is 1. The van der Waals surface area contributed by atoms with Gasteiger partial charge in [-0.15, -0.1) is 17.9 Å². The van der Waals surface area contributed by atoms with Crippen molar-refractivity contribution in [3.63, 3.8) is 0 Å². The largest absolute Gasteiger partial charge is 0.395 e. The molecule has 1 amide bonds. The Morgan fingerprint density at radius 1 is 1.67 bits per heavy atom. The molecule has 0 aliphatic rings. The molecule has 0 unspecified atom stereocenters. The predicted octanol–water partition coefficient (Wildman–Crippen LogP) is 1.61. The van der Waals surface area contributed by atoms with E-state index in [0.717, 1.165) is 9.35 Å². The number of thiophene rings is 1. The van der Waals surface area contributed by atoms with Gasteiger partial charge < -0.3 is 10.4 Å². The first-order chi connectivity index (χ1) is 8.65.